The van der Waals surface area contributed by atoms with Crippen LogP contribution < -0.4 is 4.90 Å². The van der Waals surface area contributed by atoms with Gasteiger partial charge in [-0.15, -0.1) is 0 Å². The summed E-state index contributed by atoms with van der Waals surface area (Å²) < 4.78 is 14.4. The van der Waals surface area contributed by atoms with Crippen LogP contribution in [0.5, 0.6) is 0 Å². The van der Waals surface area contributed by atoms with Gasteiger partial charge >= 0.3 is 0 Å². The molecule has 0 bridgehead atoms. The molecule has 308 valence electrons. The first-order valence-electron chi connectivity index (χ1n) is 22.4. The molecule has 2 aliphatic rings. The average molecular weight is 827 g/mol. The molecule has 0 saturated carbocycles. The number of fused-ring (bicyclic) bond motifs is 20. The summed E-state index contributed by atoms with van der Waals surface area (Å²) in [5.74, 6) is 0. The SMILES string of the molecule is CC(C)(C)c1ccc(N(c2ccc(C(C)(C)C)cc2)c2cc3c(c4oc5ccccc5c24)-c2c(ccc4c2oc2ccccc24)C32c3ccccc3-c3c2ccc2cccnc32)cc1. The van der Waals surface area contributed by atoms with E-state index in [9.17, 15) is 0 Å². The van der Waals surface area contributed by atoms with Crippen LogP contribution in [-0.4, -0.2) is 4.98 Å². The molecule has 0 N–H and O–H groups in total. The summed E-state index contributed by atoms with van der Waals surface area (Å²) in [4.78, 5) is 7.56. The summed E-state index contributed by atoms with van der Waals surface area (Å²) in [5.41, 5.74) is 18.9. The molecule has 64 heavy (non-hydrogen) atoms. The Labute approximate surface area is 372 Å². The third kappa shape index (κ3) is 4.91. The fraction of sp³-hybridized carbons (Fsp3) is 0.150. The van der Waals surface area contributed by atoms with E-state index in [0.717, 1.165) is 83.0 Å². The third-order valence-electron chi connectivity index (χ3n) is 14.2. The number of pyridine rings is 1. The Morgan fingerprint density at radius 2 is 1.05 bits per heavy atom. The van der Waals surface area contributed by atoms with Gasteiger partial charge in [0.15, 0.2) is 0 Å². The lowest BCUT2D eigenvalue weighted by Crippen LogP contribution is -2.26. The maximum Gasteiger partial charge on any atom is 0.145 e. The highest BCUT2D eigenvalue weighted by Gasteiger charge is 2.54. The fourth-order valence-corrected chi connectivity index (χ4v) is 11.2. The molecule has 1 unspecified atom stereocenters. The summed E-state index contributed by atoms with van der Waals surface area (Å²) in [6.45, 7) is 13.7. The Hall–Kier alpha value is -7.43. The van der Waals surface area contributed by atoms with Crippen LogP contribution in [0, 0.1) is 0 Å². The molecular weight excluding hydrogens is 781 g/mol. The van der Waals surface area contributed by atoms with Gasteiger partial charge in [0.1, 0.15) is 22.3 Å². The van der Waals surface area contributed by atoms with Crippen molar-refractivity contribution in [2.45, 2.75) is 57.8 Å². The first kappa shape index (κ1) is 37.2. The summed E-state index contributed by atoms with van der Waals surface area (Å²) >= 11 is 0. The second-order valence-corrected chi connectivity index (χ2v) is 19.9. The highest BCUT2D eigenvalue weighted by Crippen LogP contribution is 2.67. The topological polar surface area (TPSA) is 42.4 Å². The number of anilines is 3. The van der Waals surface area contributed by atoms with Gasteiger partial charge < -0.3 is 13.7 Å². The standard InChI is InChI=1S/C60H46N2O2/c1-58(2,3)36-22-26-38(27-23-36)62(39-28-24-37(25-29-39)59(4,5)6)48-34-47-54(57-52(48)43-17-9-12-20-50(43)64-57)53-46(32-30-41-40-15-8-11-19-49(40)63-56(41)53)60(47)44-18-10-7-16-42(44)51-45(60)31-21-35-14-13-33-61-55(35)51/h7-34H,1-6H3. The molecule has 1 atom stereocenters. The van der Waals surface area contributed by atoms with Crippen LogP contribution in [0.15, 0.2) is 179 Å². The number of para-hydroxylation sites is 2. The third-order valence-corrected chi connectivity index (χ3v) is 14.2. The average Bonchev–Trinajstić information content (AvgIpc) is 4.04. The second kappa shape index (κ2) is 12.8. The number of furan rings is 2. The molecule has 4 nitrogen and oxygen atoms in total. The van der Waals surface area contributed by atoms with Gasteiger partial charge in [0.25, 0.3) is 0 Å². The minimum atomic E-state index is -0.727. The highest BCUT2D eigenvalue weighted by molar-refractivity contribution is 6.23. The number of hydrogen-bond donors (Lipinski definition) is 0. The van der Waals surface area contributed by atoms with E-state index < -0.39 is 5.41 Å². The van der Waals surface area contributed by atoms with Gasteiger partial charge in [-0.05, 0) is 98.3 Å². The molecule has 0 fully saturated rings. The van der Waals surface area contributed by atoms with Crippen LogP contribution in [0.25, 0.3) is 77.0 Å². The Balaban J connectivity index is 1.23. The Bertz CT molecular complexity index is 3690. The van der Waals surface area contributed by atoms with E-state index >= 15 is 0 Å². The van der Waals surface area contributed by atoms with Gasteiger partial charge in [0, 0.05) is 55.8 Å². The lowest BCUT2D eigenvalue weighted by atomic mass is 9.70. The minimum absolute atomic E-state index is 0.00173. The van der Waals surface area contributed by atoms with Gasteiger partial charge in [-0.25, -0.2) is 0 Å². The van der Waals surface area contributed by atoms with E-state index in [1.807, 2.05) is 12.3 Å². The van der Waals surface area contributed by atoms with Crippen molar-refractivity contribution in [3.05, 3.63) is 203 Å². The van der Waals surface area contributed by atoms with Crippen molar-refractivity contribution in [2.24, 2.45) is 0 Å². The van der Waals surface area contributed by atoms with Crippen LogP contribution in [0.4, 0.5) is 17.1 Å². The van der Waals surface area contributed by atoms with E-state index in [1.165, 1.54) is 44.5 Å². The molecule has 3 heterocycles. The van der Waals surface area contributed by atoms with Crippen molar-refractivity contribution < 1.29 is 8.83 Å². The molecular formula is C60H46N2O2. The van der Waals surface area contributed by atoms with Gasteiger partial charge in [-0.3, -0.25) is 4.98 Å². The van der Waals surface area contributed by atoms with E-state index in [2.05, 4.69) is 204 Å². The van der Waals surface area contributed by atoms with E-state index in [1.54, 1.807) is 0 Å². The van der Waals surface area contributed by atoms with Crippen LogP contribution >= 0.6 is 0 Å². The monoisotopic (exact) mass is 826 g/mol. The van der Waals surface area contributed by atoms with E-state index in [-0.39, 0.29) is 10.8 Å². The molecule has 4 heteroatoms. The van der Waals surface area contributed by atoms with Crippen molar-refractivity contribution in [3.63, 3.8) is 0 Å². The predicted octanol–water partition coefficient (Wildman–Crippen LogP) is 16.4. The summed E-state index contributed by atoms with van der Waals surface area (Å²) in [6.07, 6.45) is 1.93. The van der Waals surface area contributed by atoms with Crippen molar-refractivity contribution in [1.82, 2.24) is 4.98 Å². The zero-order valence-electron chi connectivity index (χ0n) is 36.9. The van der Waals surface area contributed by atoms with Crippen LogP contribution in [0.3, 0.4) is 0 Å². The van der Waals surface area contributed by atoms with Crippen molar-refractivity contribution in [2.75, 3.05) is 4.90 Å². The maximum atomic E-state index is 7.33. The first-order chi connectivity index (χ1) is 31.0. The normalized spacial score (nSPS) is 15.4. The molecule has 3 aromatic heterocycles. The quantitative estimate of drug-likeness (QED) is 0.178. The molecule has 0 amide bonds. The molecule has 0 radical (unpaired) electrons. The van der Waals surface area contributed by atoms with Crippen molar-refractivity contribution in [1.29, 1.82) is 0 Å². The molecule has 1 spiro atoms. The van der Waals surface area contributed by atoms with Crippen LogP contribution in [0.2, 0.25) is 0 Å². The van der Waals surface area contributed by atoms with Crippen molar-refractivity contribution in [3.8, 4) is 22.3 Å². The summed E-state index contributed by atoms with van der Waals surface area (Å²) in [7, 11) is 0. The Morgan fingerprint density at radius 3 is 1.75 bits per heavy atom. The predicted molar refractivity (Wildman–Crippen MR) is 265 cm³/mol. The largest absolute Gasteiger partial charge is 0.455 e. The summed E-state index contributed by atoms with van der Waals surface area (Å²) in [6, 6.07) is 60.2. The zero-order chi connectivity index (χ0) is 43.3. The van der Waals surface area contributed by atoms with Gasteiger partial charge in [-0.1, -0.05) is 157 Å². The molecule has 0 saturated heterocycles. The van der Waals surface area contributed by atoms with E-state index in [4.69, 9.17) is 13.8 Å². The zero-order valence-corrected chi connectivity index (χ0v) is 36.9. The molecule has 13 rings (SSSR count). The van der Waals surface area contributed by atoms with Gasteiger partial charge in [0.2, 0.25) is 0 Å². The molecule has 2 aliphatic carbocycles. The Kier molecular flexibility index (Phi) is 7.45. The number of benzene rings is 8. The number of aromatic nitrogens is 1. The molecule has 11 aromatic rings. The molecule has 0 aliphatic heterocycles. The van der Waals surface area contributed by atoms with Gasteiger partial charge in [-0.2, -0.15) is 0 Å². The molecule has 8 aromatic carbocycles. The van der Waals surface area contributed by atoms with Crippen molar-refractivity contribution >= 4 is 71.8 Å². The van der Waals surface area contributed by atoms with E-state index in [0.29, 0.717) is 0 Å². The second-order valence-electron chi connectivity index (χ2n) is 19.9. The Morgan fingerprint density at radius 1 is 0.469 bits per heavy atom. The lowest BCUT2D eigenvalue weighted by Gasteiger charge is -2.33. The number of hydrogen-bond acceptors (Lipinski definition) is 4. The fourth-order valence-electron chi connectivity index (χ4n) is 11.2. The number of nitrogens with zero attached hydrogens (tertiary/aromatic N) is 2. The van der Waals surface area contributed by atoms with Crippen LogP contribution in [0.1, 0.15) is 74.9 Å². The first-order valence-corrected chi connectivity index (χ1v) is 22.4. The minimum Gasteiger partial charge on any atom is -0.455 e. The lowest BCUT2D eigenvalue weighted by molar-refractivity contribution is 0.590. The number of rotatable bonds is 3. The van der Waals surface area contributed by atoms with Crippen LogP contribution in [-0.2, 0) is 16.2 Å². The summed E-state index contributed by atoms with van der Waals surface area (Å²) in [5, 5.41) is 5.45. The maximum absolute atomic E-state index is 7.33. The van der Waals surface area contributed by atoms with Gasteiger partial charge in [0.05, 0.1) is 22.0 Å². The smallest absolute Gasteiger partial charge is 0.145 e. The highest BCUT2D eigenvalue weighted by atomic mass is 16.3.